The van der Waals surface area contributed by atoms with E-state index in [1.807, 2.05) is 30.3 Å². The van der Waals surface area contributed by atoms with Crippen LogP contribution < -0.4 is 5.32 Å². The average molecular weight is 346 g/mol. The van der Waals surface area contributed by atoms with Gasteiger partial charge >= 0.3 is 11.9 Å². The van der Waals surface area contributed by atoms with Crippen LogP contribution in [0.3, 0.4) is 0 Å². The topological polar surface area (TPSA) is 107 Å². The Kier molecular flexibility index (Phi) is 6.30. The Morgan fingerprint density at radius 1 is 1.24 bits per heavy atom. The molecule has 7 nitrogen and oxygen atoms in total. The molecule has 0 unspecified atom stereocenters. The Morgan fingerprint density at radius 2 is 1.92 bits per heavy atom. The van der Waals surface area contributed by atoms with Crippen LogP contribution in [0.4, 0.5) is 0 Å². The maximum Gasteiger partial charge on any atom is 0.330 e. The van der Waals surface area contributed by atoms with Gasteiger partial charge in [-0.05, 0) is 25.3 Å². The molecule has 134 valence electrons. The van der Waals surface area contributed by atoms with Crippen molar-refractivity contribution in [3.8, 4) is 0 Å². The molecule has 3 N–H and O–H groups in total. The summed E-state index contributed by atoms with van der Waals surface area (Å²) in [4.78, 5) is 36.3. The summed E-state index contributed by atoms with van der Waals surface area (Å²) in [6, 6.07) is 6.82. The monoisotopic (exact) mass is 346 g/mol. The molecule has 1 aromatic rings. The maximum atomic E-state index is 12.5. The zero-order valence-electron chi connectivity index (χ0n) is 14.0. The third-order valence-electron chi connectivity index (χ3n) is 4.18. The lowest BCUT2D eigenvalue weighted by molar-refractivity contribution is -0.148. The Hall–Kier alpha value is -2.67. The Labute approximate surface area is 145 Å². The molecule has 0 aromatic heterocycles. The van der Waals surface area contributed by atoms with Crippen molar-refractivity contribution < 1.29 is 24.6 Å². The molecule has 0 saturated heterocycles. The minimum Gasteiger partial charge on any atom is -0.480 e. The van der Waals surface area contributed by atoms with Crippen molar-refractivity contribution in [1.82, 2.24) is 10.2 Å². The molecule has 1 aliphatic rings. The predicted molar refractivity (Wildman–Crippen MR) is 91.1 cm³/mol. The number of nitrogens with zero attached hydrogens (tertiary/aromatic N) is 1. The zero-order chi connectivity index (χ0) is 18.4. The highest BCUT2D eigenvalue weighted by molar-refractivity contribution is 5.89. The van der Waals surface area contributed by atoms with Crippen LogP contribution in [0.15, 0.2) is 42.5 Å². The Bertz CT molecular complexity index is 659. The summed E-state index contributed by atoms with van der Waals surface area (Å²) in [6.07, 6.45) is 3.97. The van der Waals surface area contributed by atoms with Gasteiger partial charge in [0.2, 0.25) is 5.91 Å². The number of nitrogens with one attached hydrogen (secondary N) is 1. The van der Waals surface area contributed by atoms with Crippen LogP contribution in [-0.4, -0.2) is 57.6 Å². The number of amides is 1. The number of aryl methyl sites for hydroxylation is 1. The van der Waals surface area contributed by atoms with Crippen LogP contribution in [0.1, 0.15) is 18.9 Å². The lowest BCUT2D eigenvalue weighted by atomic mass is 10.0. The normalized spacial score (nSPS) is 18.8. The summed E-state index contributed by atoms with van der Waals surface area (Å²) < 4.78 is 0. The first kappa shape index (κ1) is 18.7. The number of aliphatic carboxylic acids is 2. The molecular formula is C18H22N2O5. The summed E-state index contributed by atoms with van der Waals surface area (Å²) >= 11 is 0. The number of carbonyl (C=O) groups excluding carboxylic acids is 1. The fraction of sp³-hybridized carbons (Fsp3) is 0.389. The van der Waals surface area contributed by atoms with Gasteiger partial charge in [-0.25, -0.2) is 4.79 Å². The highest BCUT2D eigenvalue weighted by atomic mass is 16.4. The fourth-order valence-corrected chi connectivity index (χ4v) is 2.82. The van der Waals surface area contributed by atoms with Gasteiger partial charge in [-0.3, -0.25) is 14.9 Å². The first-order valence-corrected chi connectivity index (χ1v) is 8.13. The van der Waals surface area contributed by atoms with E-state index in [2.05, 4.69) is 5.32 Å². The molecule has 3 atom stereocenters. The molecule has 0 spiro atoms. The van der Waals surface area contributed by atoms with Crippen LogP contribution >= 0.6 is 0 Å². The summed E-state index contributed by atoms with van der Waals surface area (Å²) in [5, 5.41) is 21.3. The van der Waals surface area contributed by atoms with Crippen LogP contribution in [0.5, 0.6) is 0 Å². The smallest absolute Gasteiger partial charge is 0.330 e. The quantitative estimate of drug-likeness (QED) is 0.604. The average Bonchev–Trinajstić information content (AvgIpc) is 3.08. The van der Waals surface area contributed by atoms with Crippen molar-refractivity contribution in [2.24, 2.45) is 0 Å². The highest BCUT2D eigenvalue weighted by Gasteiger charge is 2.34. The summed E-state index contributed by atoms with van der Waals surface area (Å²) in [7, 11) is 0. The molecule has 0 saturated carbocycles. The molecule has 1 aliphatic heterocycles. The van der Waals surface area contributed by atoms with Gasteiger partial charge in [0.1, 0.15) is 12.1 Å². The maximum absolute atomic E-state index is 12.5. The number of carbonyl (C=O) groups is 3. The van der Waals surface area contributed by atoms with E-state index >= 15 is 0 Å². The minimum atomic E-state index is -1.10. The summed E-state index contributed by atoms with van der Waals surface area (Å²) in [5.41, 5.74) is 1.02. The van der Waals surface area contributed by atoms with Crippen molar-refractivity contribution in [3.05, 3.63) is 48.0 Å². The lowest BCUT2D eigenvalue weighted by Gasteiger charge is -2.27. The second kappa shape index (κ2) is 8.43. The van der Waals surface area contributed by atoms with Gasteiger partial charge in [0.05, 0.1) is 6.04 Å². The van der Waals surface area contributed by atoms with Gasteiger partial charge < -0.3 is 15.1 Å². The number of rotatable bonds is 8. The minimum absolute atomic E-state index is 0.212. The van der Waals surface area contributed by atoms with Crippen molar-refractivity contribution in [1.29, 1.82) is 0 Å². The molecule has 0 fully saturated rings. The zero-order valence-corrected chi connectivity index (χ0v) is 14.0. The van der Waals surface area contributed by atoms with E-state index < -0.39 is 36.0 Å². The molecule has 7 heteroatoms. The Balaban J connectivity index is 1.95. The molecule has 2 rings (SSSR count). The van der Waals surface area contributed by atoms with Crippen molar-refractivity contribution in [2.75, 3.05) is 6.54 Å². The second-order valence-corrected chi connectivity index (χ2v) is 6.01. The van der Waals surface area contributed by atoms with Crippen LogP contribution in [0.25, 0.3) is 0 Å². The fourth-order valence-electron chi connectivity index (χ4n) is 2.82. The SMILES string of the molecule is C[C@H](N[C@@H](CCc1ccccc1)C(=O)O)C(=O)N1CC=C[C@H]1C(=O)O. The molecule has 0 aliphatic carbocycles. The van der Waals surface area contributed by atoms with Gasteiger partial charge in [0.25, 0.3) is 0 Å². The van der Waals surface area contributed by atoms with E-state index in [0.717, 1.165) is 5.56 Å². The van der Waals surface area contributed by atoms with Gasteiger partial charge in [0, 0.05) is 6.54 Å². The number of carboxylic acids is 2. The van der Waals surface area contributed by atoms with Crippen molar-refractivity contribution in [3.63, 3.8) is 0 Å². The number of hydrogen-bond donors (Lipinski definition) is 3. The lowest BCUT2D eigenvalue weighted by Crippen LogP contribution is -2.53. The second-order valence-electron chi connectivity index (χ2n) is 6.01. The van der Waals surface area contributed by atoms with E-state index in [0.29, 0.717) is 12.8 Å². The first-order chi connectivity index (χ1) is 11.9. The molecular weight excluding hydrogens is 324 g/mol. The molecule has 0 bridgehead atoms. The first-order valence-electron chi connectivity index (χ1n) is 8.13. The molecule has 25 heavy (non-hydrogen) atoms. The standard InChI is InChI=1S/C18H22N2O5/c1-12(16(21)20-11-5-8-15(20)18(24)25)19-14(17(22)23)10-9-13-6-3-2-4-7-13/h2-8,12,14-15,19H,9-11H2,1H3,(H,22,23)(H,24,25)/t12-,14-,15-/m0/s1. The molecule has 1 aromatic carbocycles. The molecule has 1 amide bonds. The summed E-state index contributed by atoms with van der Waals surface area (Å²) in [5.74, 6) is -2.57. The van der Waals surface area contributed by atoms with E-state index in [-0.39, 0.29) is 6.54 Å². The third-order valence-corrected chi connectivity index (χ3v) is 4.18. The molecule has 0 radical (unpaired) electrons. The number of carboxylic acid groups (broad SMARTS) is 2. The molecule has 1 heterocycles. The van der Waals surface area contributed by atoms with Gasteiger partial charge in [-0.1, -0.05) is 42.5 Å². The van der Waals surface area contributed by atoms with Gasteiger partial charge in [-0.2, -0.15) is 0 Å². The van der Waals surface area contributed by atoms with E-state index in [9.17, 15) is 19.5 Å². The van der Waals surface area contributed by atoms with Gasteiger partial charge in [0.15, 0.2) is 0 Å². The van der Waals surface area contributed by atoms with E-state index in [1.165, 1.54) is 11.0 Å². The largest absolute Gasteiger partial charge is 0.480 e. The van der Waals surface area contributed by atoms with E-state index in [1.54, 1.807) is 13.0 Å². The Morgan fingerprint density at radius 3 is 2.52 bits per heavy atom. The predicted octanol–water partition coefficient (Wildman–Crippen LogP) is 0.902. The van der Waals surface area contributed by atoms with Crippen LogP contribution in [0.2, 0.25) is 0 Å². The number of benzene rings is 1. The summed E-state index contributed by atoms with van der Waals surface area (Å²) in [6.45, 7) is 1.77. The van der Waals surface area contributed by atoms with E-state index in [4.69, 9.17) is 5.11 Å². The highest BCUT2D eigenvalue weighted by Crippen LogP contribution is 2.13. The number of hydrogen-bond acceptors (Lipinski definition) is 4. The van der Waals surface area contributed by atoms with Crippen LogP contribution in [-0.2, 0) is 20.8 Å². The van der Waals surface area contributed by atoms with Crippen molar-refractivity contribution >= 4 is 17.8 Å². The van der Waals surface area contributed by atoms with Crippen molar-refractivity contribution in [2.45, 2.75) is 37.9 Å². The third kappa shape index (κ3) is 4.90. The van der Waals surface area contributed by atoms with Gasteiger partial charge in [-0.15, -0.1) is 0 Å². The van der Waals surface area contributed by atoms with Crippen LogP contribution in [0, 0.1) is 0 Å².